The molecule has 3 aromatic rings. The molecule has 0 aromatic heterocycles. The van der Waals surface area contributed by atoms with Crippen LogP contribution in [0.15, 0.2) is 65.6 Å². The first-order chi connectivity index (χ1) is 19.5. The number of amides is 2. The van der Waals surface area contributed by atoms with Crippen LogP contribution in [0.1, 0.15) is 48.5 Å². The third-order valence-corrected chi connectivity index (χ3v) is 10.6. The predicted molar refractivity (Wildman–Crippen MR) is 152 cm³/mol. The Morgan fingerprint density at radius 1 is 0.976 bits per heavy atom. The van der Waals surface area contributed by atoms with Gasteiger partial charge in [0.1, 0.15) is 11.6 Å². The molecule has 214 valence electrons. The topological polar surface area (TPSA) is 86.8 Å². The van der Waals surface area contributed by atoms with Crippen LogP contribution in [0, 0.1) is 17.6 Å². The minimum atomic E-state index is -4.10. The number of carbonyl (C=O) groups is 2. The van der Waals surface area contributed by atoms with Crippen molar-refractivity contribution in [3.63, 3.8) is 0 Å². The van der Waals surface area contributed by atoms with Crippen molar-refractivity contribution in [1.82, 2.24) is 4.90 Å². The second-order valence-corrected chi connectivity index (χ2v) is 13.3. The van der Waals surface area contributed by atoms with Gasteiger partial charge >= 0.3 is 0 Å². The number of hydrogen-bond acceptors (Lipinski definition) is 4. The van der Waals surface area contributed by atoms with Gasteiger partial charge in [-0.1, -0.05) is 11.6 Å². The lowest BCUT2D eigenvalue weighted by Crippen LogP contribution is -2.54. The molecule has 3 aliphatic rings. The highest BCUT2D eigenvalue weighted by atomic mass is 35.5. The van der Waals surface area contributed by atoms with Crippen LogP contribution in [-0.4, -0.2) is 44.3 Å². The Morgan fingerprint density at radius 2 is 1.66 bits per heavy atom. The lowest BCUT2D eigenvalue weighted by atomic mass is 9.68. The molecule has 1 unspecified atom stereocenters. The number of fused-ring (bicyclic) bond motifs is 2. The summed E-state index contributed by atoms with van der Waals surface area (Å²) in [7, 11) is -4.10. The SMILES string of the molecule is CC(=O)N1CCC2(CC1)c1cc(C(=O)Nc3cc(Cl)ccc3F)ccc1N(S(=O)(=O)c1ccc(F)cc1)C2C1CC1. The van der Waals surface area contributed by atoms with Crippen molar-refractivity contribution < 1.29 is 26.8 Å². The van der Waals surface area contributed by atoms with Crippen LogP contribution in [0.2, 0.25) is 5.02 Å². The number of halogens is 3. The van der Waals surface area contributed by atoms with Gasteiger partial charge < -0.3 is 10.2 Å². The van der Waals surface area contributed by atoms with Crippen molar-refractivity contribution >= 4 is 44.8 Å². The van der Waals surface area contributed by atoms with Crippen molar-refractivity contribution in [3.8, 4) is 0 Å². The maximum atomic E-state index is 14.4. The van der Waals surface area contributed by atoms with Crippen molar-refractivity contribution in [1.29, 1.82) is 0 Å². The van der Waals surface area contributed by atoms with E-state index in [1.165, 1.54) is 41.6 Å². The maximum Gasteiger partial charge on any atom is 0.264 e. The Bertz CT molecular complexity index is 1650. The van der Waals surface area contributed by atoms with E-state index >= 15 is 0 Å². The van der Waals surface area contributed by atoms with Crippen molar-refractivity contribution in [2.75, 3.05) is 22.7 Å². The Morgan fingerprint density at radius 3 is 2.29 bits per heavy atom. The highest BCUT2D eigenvalue weighted by Gasteiger charge is 2.60. The number of likely N-dealkylation sites (tertiary alicyclic amines) is 1. The van der Waals surface area contributed by atoms with Crippen LogP contribution >= 0.6 is 11.6 Å². The van der Waals surface area contributed by atoms with Gasteiger partial charge in [0, 0.05) is 36.0 Å². The van der Waals surface area contributed by atoms with E-state index in [0.29, 0.717) is 37.2 Å². The first-order valence-electron chi connectivity index (χ1n) is 13.5. The lowest BCUT2D eigenvalue weighted by Gasteiger charge is -2.45. The zero-order valence-corrected chi connectivity index (χ0v) is 23.8. The number of piperidine rings is 1. The van der Waals surface area contributed by atoms with E-state index in [1.807, 2.05) is 0 Å². The molecule has 2 fully saturated rings. The molecule has 1 saturated carbocycles. The number of nitrogens with one attached hydrogen (secondary N) is 1. The van der Waals surface area contributed by atoms with Gasteiger partial charge in [0.15, 0.2) is 0 Å². The first-order valence-corrected chi connectivity index (χ1v) is 15.3. The molecule has 7 nitrogen and oxygen atoms in total. The highest BCUT2D eigenvalue weighted by molar-refractivity contribution is 7.92. The summed E-state index contributed by atoms with van der Waals surface area (Å²) in [5.41, 5.74) is 0.707. The Labute approximate surface area is 242 Å². The average Bonchev–Trinajstić information content (AvgIpc) is 3.75. The number of nitrogens with zero attached hydrogens (tertiary/aromatic N) is 2. The van der Waals surface area contributed by atoms with Crippen LogP contribution in [0.5, 0.6) is 0 Å². The van der Waals surface area contributed by atoms with E-state index in [2.05, 4.69) is 5.32 Å². The van der Waals surface area contributed by atoms with Crippen molar-refractivity contribution in [2.45, 2.75) is 49.0 Å². The summed E-state index contributed by atoms with van der Waals surface area (Å²) in [5.74, 6) is -1.69. The molecule has 2 aliphatic heterocycles. The summed E-state index contributed by atoms with van der Waals surface area (Å²) < 4.78 is 57.9. The van der Waals surface area contributed by atoms with E-state index in [-0.39, 0.29) is 33.0 Å². The zero-order valence-electron chi connectivity index (χ0n) is 22.2. The normalized spacial score (nSPS) is 19.8. The van der Waals surface area contributed by atoms with Gasteiger partial charge in [0.05, 0.1) is 22.3 Å². The zero-order chi connectivity index (χ0) is 29.1. The lowest BCUT2D eigenvalue weighted by molar-refractivity contribution is -0.130. The fourth-order valence-electron chi connectivity index (χ4n) is 6.43. The number of anilines is 2. The number of carbonyl (C=O) groups excluding carboxylic acids is 2. The molecule has 0 bridgehead atoms. The standard InChI is InChI=1S/C30H28ClF2N3O4S/c1-18(37)35-14-12-30(13-15-35)24-16-20(29(38)34-26-17-21(31)5-10-25(26)33)4-11-27(24)36(28(30)19-2-3-19)41(39,40)23-8-6-22(32)7-9-23/h4-11,16-17,19,28H,2-3,12-15H2,1H3,(H,34,38). The maximum absolute atomic E-state index is 14.4. The monoisotopic (exact) mass is 599 g/mol. The summed E-state index contributed by atoms with van der Waals surface area (Å²) in [6, 6.07) is 13.1. The molecule has 1 atom stereocenters. The van der Waals surface area contributed by atoms with Crippen LogP contribution in [-0.2, 0) is 20.2 Å². The van der Waals surface area contributed by atoms with Crippen molar-refractivity contribution in [3.05, 3.63) is 88.4 Å². The van der Waals surface area contributed by atoms with E-state index in [9.17, 15) is 26.8 Å². The highest BCUT2D eigenvalue weighted by Crippen LogP contribution is 2.59. The molecule has 11 heteroatoms. The molecular formula is C30H28ClF2N3O4S. The fraction of sp³-hybridized carbons (Fsp3) is 0.333. The quantitative estimate of drug-likeness (QED) is 0.405. The van der Waals surface area contributed by atoms with Crippen molar-refractivity contribution in [2.24, 2.45) is 5.92 Å². The molecule has 1 aliphatic carbocycles. The number of sulfonamides is 1. The molecule has 6 rings (SSSR count). The van der Waals surface area contributed by atoms with Gasteiger partial charge in [-0.2, -0.15) is 0 Å². The van der Waals surface area contributed by atoms with Crippen LogP contribution < -0.4 is 9.62 Å². The Hall–Kier alpha value is -3.50. The smallest absolute Gasteiger partial charge is 0.264 e. The summed E-state index contributed by atoms with van der Waals surface area (Å²) in [6.45, 7) is 2.42. The summed E-state index contributed by atoms with van der Waals surface area (Å²) in [4.78, 5) is 27.2. The molecule has 2 amide bonds. The van der Waals surface area contributed by atoms with E-state index in [1.54, 1.807) is 17.0 Å². The van der Waals surface area contributed by atoms with Gasteiger partial charge in [0.2, 0.25) is 5.91 Å². The molecule has 0 radical (unpaired) electrons. The summed E-state index contributed by atoms with van der Waals surface area (Å²) in [5, 5.41) is 2.84. The van der Waals surface area contributed by atoms with Gasteiger partial charge in [-0.15, -0.1) is 0 Å². The first kappa shape index (κ1) is 27.7. The van der Waals surface area contributed by atoms with Gasteiger partial charge in [0.25, 0.3) is 15.9 Å². The Kier molecular flexibility index (Phi) is 6.81. The molecule has 1 N–H and O–H groups in total. The number of hydrogen-bond donors (Lipinski definition) is 1. The molecule has 1 spiro atoms. The second kappa shape index (κ2) is 10.1. The van der Waals surface area contributed by atoms with Gasteiger partial charge in [-0.3, -0.25) is 13.9 Å². The number of benzene rings is 3. The molecule has 41 heavy (non-hydrogen) atoms. The third-order valence-electron chi connectivity index (χ3n) is 8.57. The minimum absolute atomic E-state index is 0.0213. The van der Waals surface area contributed by atoms with Crippen LogP contribution in [0.25, 0.3) is 0 Å². The van der Waals surface area contributed by atoms with Gasteiger partial charge in [-0.05, 0) is 97.8 Å². The van der Waals surface area contributed by atoms with Gasteiger partial charge in [-0.25, -0.2) is 17.2 Å². The average molecular weight is 600 g/mol. The molecule has 1 saturated heterocycles. The molecular weight excluding hydrogens is 572 g/mol. The van der Waals surface area contributed by atoms with Crippen LogP contribution in [0.3, 0.4) is 0 Å². The summed E-state index contributed by atoms with van der Waals surface area (Å²) in [6.07, 6.45) is 2.75. The predicted octanol–water partition coefficient (Wildman–Crippen LogP) is 5.74. The van der Waals surface area contributed by atoms with E-state index < -0.39 is 39.0 Å². The number of rotatable bonds is 5. The third kappa shape index (κ3) is 4.76. The van der Waals surface area contributed by atoms with E-state index in [0.717, 1.165) is 31.0 Å². The molecule has 2 heterocycles. The van der Waals surface area contributed by atoms with E-state index in [4.69, 9.17) is 11.6 Å². The minimum Gasteiger partial charge on any atom is -0.343 e. The Balaban J connectivity index is 1.46. The fourth-order valence-corrected chi connectivity index (χ4v) is 8.40. The summed E-state index contributed by atoms with van der Waals surface area (Å²) >= 11 is 5.99. The molecule has 3 aromatic carbocycles. The largest absolute Gasteiger partial charge is 0.343 e. The second-order valence-electron chi connectivity index (χ2n) is 11.0. The van der Waals surface area contributed by atoms with Crippen LogP contribution in [0.4, 0.5) is 20.2 Å².